The van der Waals surface area contributed by atoms with Crippen molar-refractivity contribution in [3.63, 3.8) is 0 Å². The van der Waals surface area contributed by atoms with Gasteiger partial charge in [0.1, 0.15) is 11.4 Å². The fourth-order valence-electron chi connectivity index (χ4n) is 3.09. The fourth-order valence-corrected chi connectivity index (χ4v) is 4.70. The van der Waals surface area contributed by atoms with Gasteiger partial charge >= 0.3 is 5.97 Å². The van der Waals surface area contributed by atoms with Crippen LogP contribution >= 0.6 is 23.4 Å². The van der Waals surface area contributed by atoms with E-state index >= 15 is 0 Å². The monoisotopic (exact) mass is 359 g/mol. The summed E-state index contributed by atoms with van der Waals surface area (Å²) in [6.07, 6.45) is -0.879. The molecule has 6 heteroatoms. The van der Waals surface area contributed by atoms with Gasteiger partial charge in [-0.15, -0.1) is 11.8 Å². The van der Waals surface area contributed by atoms with Crippen molar-refractivity contribution in [2.75, 3.05) is 5.75 Å². The first-order chi connectivity index (χ1) is 11.6. The number of carbonyl (C=O) groups excluding carboxylic acids is 2. The van der Waals surface area contributed by atoms with Crippen LogP contribution in [-0.4, -0.2) is 28.6 Å². The molecule has 0 saturated carbocycles. The highest BCUT2D eigenvalue weighted by Crippen LogP contribution is 2.46. The zero-order valence-corrected chi connectivity index (χ0v) is 14.2. The van der Waals surface area contributed by atoms with E-state index in [4.69, 9.17) is 16.3 Å². The molecule has 0 bridgehead atoms. The van der Waals surface area contributed by atoms with Gasteiger partial charge in [0, 0.05) is 16.3 Å². The number of fused-ring (bicyclic) bond motifs is 1. The van der Waals surface area contributed by atoms with E-state index in [1.807, 2.05) is 36.4 Å². The molecule has 2 heterocycles. The molecule has 3 atom stereocenters. The van der Waals surface area contributed by atoms with Crippen LogP contribution in [0.2, 0.25) is 5.02 Å². The Morgan fingerprint density at radius 2 is 1.79 bits per heavy atom. The number of cyclic esters (lactones) is 1. The van der Waals surface area contributed by atoms with Crippen molar-refractivity contribution in [1.82, 2.24) is 4.90 Å². The van der Waals surface area contributed by atoms with Crippen LogP contribution in [0, 0.1) is 0 Å². The van der Waals surface area contributed by atoms with Crippen molar-refractivity contribution in [3.8, 4) is 0 Å². The summed E-state index contributed by atoms with van der Waals surface area (Å²) in [5.74, 6) is 0.00440. The lowest BCUT2D eigenvalue weighted by Crippen LogP contribution is -2.51. The molecule has 2 aromatic carbocycles. The number of halogens is 1. The highest BCUT2D eigenvalue weighted by Gasteiger charge is 2.50. The largest absolute Gasteiger partial charge is 0.446 e. The van der Waals surface area contributed by atoms with Crippen molar-refractivity contribution >= 4 is 35.2 Å². The SMILES string of the molecule is O=C1OC(c2ccccc2)C(=O)N2C1CSC2c1cccc(Cl)c1. The van der Waals surface area contributed by atoms with Gasteiger partial charge in [-0.1, -0.05) is 54.1 Å². The summed E-state index contributed by atoms with van der Waals surface area (Å²) in [5.41, 5.74) is 1.61. The summed E-state index contributed by atoms with van der Waals surface area (Å²) >= 11 is 7.64. The van der Waals surface area contributed by atoms with E-state index in [-0.39, 0.29) is 17.3 Å². The van der Waals surface area contributed by atoms with Gasteiger partial charge in [0.2, 0.25) is 6.10 Å². The molecule has 3 unspecified atom stereocenters. The normalized spacial score (nSPS) is 26.2. The molecule has 0 aliphatic carbocycles. The van der Waals surface area contributed by atoms with Crippen LogP contribution in [0.25, 0.3) is 0 Å². The number of rotatable bonds is 2. The van der Waals surface area contributed by atoms with Crippen LogP contribution in [0.1, 0.15) is 22.6 Å². The number of esters is 1. The van der Waals surface area contributed by atoms with Crippen molar-refractivity contribution in [2.24, 2.45) is 0 Å². The average molecular weight is 360 g/mol. The molecule has 0 aromatic heterocycles. The van der Waals surface area contributed by atoms with Gasteiger partial charge < -0.3 is 9.64 Å². The molecule has 2 fully saturated rings. The summed E-state index contributed by atoms with van der Waals surface area (Å²) in [4.78, 5) is 27.1. The minimum atomic E-state index is -0.879. The molecule has 1 amide bonds. The molecule has 4 rings (SSSR count). The summed E-state index contributed by atoms with van der Waals surface area (Å²) < 4.78 is 5.44. The number of amides is 1. The number of carbonyl (C=O) groups is 2. The van der Waals surface area contributed by atoms with E-state index in [9.17, 15) is 9.59 Å². The highest BCUT2D eigenvalue weighted by atomic mass is 35.5. The lowest BCUT2D eigenvalue weighted by atomic mass is 10.0. The Hall–Kier alpha value is -1.98. The first kappa shape index (κ1) is 15.5. The number of nitrogens with zero attached hydrogens (tertiary/aromatic N) is 1. The molecule has 2 aromatic rings. The molecular weight excluding hydrogens is 346 g/mol. The van der Waals surface area contributed by atoms with E-state index in [2.05, 4.69) is 0 Å². The van der Waals surface area contributed by atoms with Crippen molar-refractivity contribution < 1.29 is 14.3 Å². The Morgan fingerprint density at radius 3 is 2.54 bits per heavy atom. The smallest absolute Gasteiger partial charge is 0.330 e. The maximum Gasteiger partial charge on any atom is 0.330 e. The lowest BCUT2D eigenvalue weighted by molar-refractivity contribution is -0.177. The molecule has 0 spiro atoms. The first-order valence-corrected chi connectivity index (χ1v) is 9.02. The minimum Gasteiger partial charge on any atom is -0.446 e. The molecule has 24 heavy (non-hydrogen) atoms. The summed E-state index contributed by atoms with van der Waals surface area (Å²) in [5, 5.41) is 0.392. The van der Waals surface area contributed by atoms with Crippen LogP contribution in [0.4, 0.5) is 0 Å². The molecule has 0 N–H and O–H groups in total. The number of morpholine rings is 1. The highest BCUT2D eigenvalue weighted by molar-refractivity contribution is 7.99. The second-order valence-corrected chi connectivity index (χ2v) is 7.28. The maximum absolute atomic E-state index is 13.0. The third-order valence-corrected chi connectivity index (χ3v) is 5.78. The quantitative estimate of drug-likeness (QED) is 0.769. The van der Waals surface area contributed by atoms with Crippen molar-refractivity contribution in [1.29, 1.82) is 0 Å². The number of hydrogen-bond acceptors (Lipinski definition) is 4. The number of ether oxygens (including phenoxy) is 1. The molecule has 2 saturated heterocycles. The Morgan fingerprint density at radius 1 is 1.04 bits per heavy atom. The first-order valence-electron chi connectivity index (χ1n) is 7.60. The van der Waals surface area contributed by atoms with Gasteiger partial charge in [-0.25, -0.2) is 4.79 Å². The third-order valence-electron chi connectivity index (χ3n) is 4.22. The Kier molecular flexibility index (Phi) is 3.98. The summed E-state index contributed by atoms with van der Waals surface area (Å²) in [6, 6.07) is 16.0. The Bertz CT molecular complexity index is 798. The molecule has 0 radical (unpaired) electrons. The minimum absolute atomic E-state index is 0.180. The Balaban J connectivity index is 1.70. The standard InChI is InChI=1S/C18H14ClNO3S/c19-13-8-4-7-12(9-13)17-20-14(10-24-17)18(22)23-15(16(20)21)11-5-2-1-3-6-11/h1-9,14-15,17H,10H2. The van der Waals surface area contributed by atoms with Crippen LogP contribution < -0.4 is 0 Å². The second-order valence-electron chi connectivity index (χ2n) is 5.73. The van der Waals surface area contributed by atoms with Gasteiger partial charge in [-0.3, -0.25) is 4.79 Å². The lowest BCUT2D eigenvalue weighted by Gasteiger charge is -2.36. The van der Waals surface area contributed by atoms with Gasteiger partial charge in [0.25, 0.3) is 5.91 Å². The van der Waals surface area contributed by atoms with Crippen molar-refractivity contribution in [3.05, 3.63) is 70.7 Å². The topological polar surface area (TPSA) is 46.6 Å². The molecular formula is C18H14ClNO3S. The second kappa shape index (κ2) is 6.15. The summed E-state index contributed by atoms with van der Waals surface area (Å²) in [7, 11) is 0. The number of thioether (sulfide) groups is 1. The third kappa shape index (κ3) is 2.58. The van der Waals surface area contributed by atoms with Gasteiger partial charge in [-0.05, 0) is 17.7 Å². The molecule has 2 aliphatic heterocycles. The van der Waals surface area contributed by atoms with Crippen molar-refractivity contribution in [2.45, 2.75) is 17.5 Å². The van der Waals surface area contributed by atoms with E-state index in [1.165, 1.54) is 0 Å². The van der Waals surface area contributed by atoms with Gasteiger partial charge in [0.15, 0.2) is 0 Å². The zero-order chi connectivity index (χ0) is 16.7. The maximum atomic E-state index is 13.0. The van der Waals surface area contributed by atoms with E-state index in [0.717, 1.165) is 5.56 Å². The summed E-state index contributed by atoms with van der Waals surface area (Å²) in [6.45, 7) is 0. The van der Waals surface area contributed by atoms with Crippen LogP contribution in [-0.2, 0) is 14.3 Å². The molecule has 2 aliphatic rings. The molecule has 4 nitrogen and oxygen atoms in total. The van der Waals surface area contributed by atoms with E-state index < -0.39 is 12.1 Å². The fraction of sp³-hybridized carbons (Fsp3) is 0.222. The zero-order valence-electron chi connectivity index (χ0n) is 12.6. The molecule has 122 valence electrons. The number of hydrogen-bond donors (Lipinski definition) is 0. The van der Waals surface area contributed by atoms with Crippen LogP contribution in [0.5, 0.6) is 0 Å². The predicted molar refractivity (Wildman–Crippen MR) is 92.6 cm³/mol. The average Bonchev–Trinajstić information content (AvgIpc) is 3.05. The van der Waals surface area contributed by atoms with E-state index in [0.29, 0.717) is 16.3 Å². The van der Waals surface area contributed by atoms with Gasteiger partial charge in [-0.2, -0.15) is 0 Å². The van der Waals surface area contributed by atoms with Gasteiger partial charge in [0.05, 0.1) is 0 Å². The van der Waals surface area contributed by atoms with Crippen LogP contribution in [0.3, 0.4) is 0 Å². The Labute approximate surface area is 148 Å². The predicted octanol–water partition coefficient (Wildman–Crippen LogP) is 3.58. The van der Waals surface area contributed by atoms with Crippen LogP contribution in [0.15, 0.2) is 54.6 Å². The van der Waals surface area contributed by atoms with E-state index in [1.54, 1.807) is 34.9 Å². The number of benzene rings is 2.